The number of hydrogen-bond acceptors (Lipinski definition) is 3. The number of nitrogens with two attached hydrogens (primary N) is 1. The number of hydrogen-bond donors (Lipinski definition) is 2. The molecule has 0 fully saturated rings. The van der Waals surface area contributed by atoms with E-state index in [1.54, 1.807) is 7.05 Å². The summed E-state index contributed by atoms with van der Waals surface area (Å²) in [7, 11) is 1.67. The molecule has 18 heavy (non-hydrogen) atoms. The van der Waals surface area contributed by atoms with Gasteiger partial charge in [-0.2, -0.15) is 0 Å². The Bertz CT molecular complexity index is 406. The van der Waals surface area contributed by atoms with Gasteiger partial charge >= 0.3 is 0 Å². The van der Waals surface area contributed by atoms with E-state index in [1.807, 2.05) is 31.2 Å². The number of rotatable bonds is 4. The second-order valence-corrected chi connectivity index (χ2v) is 3.77. The molecule has 100 valence electrons. The van der Waals surface area contributed by atoms with E-state index in [4.69, 9.17) is 5.73 Å². The Balaban J connectivity index is 0.00000289. The minimum Gasteiger partial charge on any atom is -0.346 e. The summed E-state index contributed by atoms with van der Waals surface area (Å²) in [6, 6.07) is 7.57. The summed E-state index contributed by atoms with van der Waals surface area (Å²) < 4.78 is 0. The van der Waals surface area contributed by atoms with Gasteiger partial charge in [-0.1, -0.05) is 17.7 Å². The van der Waals surface area contributed by atoms with Crippen LogP contribution in [0.25, 0.3) is 0 Å². The molecule has 0 heterocycles. The lowest BCUT2D eigenvalue weighted by molar-refractivity contribution is -0.124. The first-order valence-electron chi connectivity index (χ1n) is 5.34. The van der Waals surface area contributed by atoms with Crippen LogP contribution in [0.4, 0.5) is 5.69 Å². The molecule has 0 aliphatic carbocycles. The maximum Gasteiger partial charge on any atom is 0.246 e. The van der Waals surface area contributed by atoms with Crippen LogP contribution in [0.3, 0.4) is 0 Å². The Morgan fingerprint density at radius 3 is 2.33 bits per heavy atom. The Kier molecular flexibility index (Phi) is 7.00. The molecule has 2 amide bonds. The summed E-state index contributed by atoms with van der Waals surface area (Å²) in [5.74, 6) is -0.522. The normalized spacial score (nSPS) is 9.28. The molecule has 0 aliphatic heterocycles. The van der Waals surface area contributed by atoms with Crippen molar-refractivity contribution >= 4 is 29.9 Å². The van der Waals surface area contributed by atoms with Gasteiger partial charge in [0.15, 0.2) is 0 Å². The number of nitrogens with zero attached hydrogens (tertiary/aromatic N) is 1. The smallest absolute Gasteiger partial charge is 0.246 e. The Morgan fingerprint density at radius 2 is 1.83 bits per heavy atom. The second kappa shape index (κ2) is 7.68. The SMILES string of the molecule is Cc1ccc(N(C)C(=O)CNC(=O)CN)cc1.Cl. The van der Waals surface area contributed by atoms with Crippen molar-refractivity contribution in [3.05, 3.63) is 29.8 Å². The molecule has 3 N–H and O–H groups in total. The molecule has 1 aromatic carbocycles. The van der Waals surface area contributed by atoms with Gasteiger partial charge in [-0.15, -0.1) is 12.4 Å². The number of anilines is 1. The van der Waals surface area contributed by atoms with Gasteiger partial charge in [0, 0.05) is 12.7 Å². The van der Waals surface area contributed by atoms with Crippen molar-refractivity contribution in [3.8, 4) is 0 Å². The Labute approximate surface area is 113 Å². The summed E-state index contributed by atoms with van der Waals surface area (Å²) in [6.45, 7) is 1.83. The number of aryl methyl sites for hydroxylation is 1. The van der Waals surface area contributed by atoms with Crippen LogP contribution < -0.4 is 16.0 Å². The van der Waals surface area contributed by atoms with Gasteiger partial charge in [0.05, 0.1) is 13.1 Å². The molecule has 0 saturated heterocycles. The summed E-state index contributed by atoms with van der Waals surface area (Å²) in [4.78, 5) is 24.1. The van der Waals surface area contributed by atoms with E-state index < -0.39 is 0 Å². The minimum atomic E-state index is -0.337. The molecular formula is C12H18ClN3O2. The lowest BCUT2D eigenvalue weighted by atomic mass is 10.2. The molecule has 0 bridgehead atoms. The van der Waals surface area contributed by atoms with Crippen LogP contribution in [0.5, 0.6) is 0 Å². The van der Waals surface area contributed by atoms with Crippen molar-refractivity contribution in [2.75, 3.05) is 25.0 Å². The van der Waals surface area contributed by atoms with Crippen LogP contribution in [0, 0.1) is 6.92 Å². The number of halogens is 1. The number of nitrogens with one attached hydrogen (secondary N) is 1. The van der Waals surface area contributed by atoms with Crippen LogP contribution in [-0.2, 0) is 9.59 Å². The number of carbonyl (C=O) groups excluding carboxylic acids is 2. The van der Waals surface area contributed by atoms with Crippen LogP contribution in [0.1, 0.15) is 5.56 Å². The quantitative estimate of drug-likeness (QED) is 0.835. The standard InChI is InChI=1S/C12H17N3O2.ClH/c1-9-3-5-10(6-4-9)15(2)12(17)8-14-11(16)7-13;/h3-6H,7-8,13H2,1-2H3,(H,14,16);1H. The fourth-order valence-corrected chi connectivity index (χ4v) is 1.28. The van der Waals surface area contributed by atoms with Gasteiger partial charge in [0.25, 0.3) is 0 Å². The highest BCUT2D eigenvalue weighted by atomic mass is 35.5. The van der Waals surface area contributed by atoms with E-state index in [1.165, 1.54) is 4.90 Å². The van der Waals surface area contributed by atoms with Crippen molar-refractivity contribution < 1.29 is 9.59 Å². The topological polar surface area (TPSA) is 75.4 Å². The van der Waals surface area contributed by atoms with E-state index in [0.717, 1.165) is 11.3 Å². The van der Waals surface area contributed by atoms with E-state index in [2.05, 4.69) is 5.32 Å². The fraction of sp³-hybridized carbons (Fsp3) is 0.333. The predicted octanol–water partition coefficient (Wildman–Crippen LogP) is 0.455. The summed E-state index contributed by atoms with van der Waals surface area (Å²) in [5.41, 5.74) is 7.05. The number of likely N-dealkylation sites (N-methyl/N-ethyl adjacent to an activating group) is 1. The number of amides is 2. The third kappa shape index (κ3) is 4.73. The van der Waals surface area contributed by atoms with Gasteiger partial charge in [0.1, 0.15) is 0 Å². The summed E-state index contributed by atoms with van der Waals surface area (Å²) >= 11 is 0. The van der Waals surface area contributed by atoms with E-state index >= 15 is 0 Å². The van der Waals surface area contributed by atoms with Crippen molar-refractivity contribution in [2.45, 2.75) is 6.92 Å². The predicted molar refractivity (Wildman–Crippen MR) is 73.9 cm³/mol. The second-order valence-electron chi connectivity index (χ2n) is 3.77. The van der Waals surface area contributed by atoms with Crippen LogP contribution in [-0.4, -0.2) is 32.0 Å². The molecule has 0 atom stereocenters. The molecule has 0 unspecified atom stereocenters. The third-order valence-corrected chi connectivity index (χ3v) is 2.42. The van der Waals surface area contributed by atoms with Crippen LogP contribution >= 0.6 is 12.4 Å². The number of carbonyl (C=O) groups is 2. The van der Waals surface area contributed by atoms with Gasteiger partial charge in [-0.3, -0.25) is 9.59 Å². The molecule has 0 saturated carbocycles. The summed E-state index contributed by atoms with van der Waals surface area (Å²) in [5, 5.41) is 2.44. The summed E-state index contributed by atoms with van der Waals surface area (Å²) in [6.07, 6.45) is 0. The highest BCUT2D eigenvalue weighted by Gasteiger charge is 2.11. The first-order valence-corrected chi connectivity index (χ1v) is 5.34. The molecule has 1 aromatic rings. The van der Waals surface area contributed by atoms with Gasteiger partial charge in [-0.25, -0.2) is 0 Å². The molecule has 0 aromatic heterocycles. The molecule has 0 radical (unpaired) electrons. The molecule has 6 heteroatoms. The average molecular weight is 272 g/mol. The fourth-order valence-electron chi connectivity index (χ4n) is 1.28. The molecular weight excluding hydrogens is 254 g/mol. The highest BCUT2D eigenvalue weighted by molar-refractivity contribution is 5.96. The highest BCUT2D eigenvalue weighted by Crippen LogP contribution is 2.13. The van der Waals surface area contributed by atoms with Crippen LogP contribution in [0.15, 0.2) is 24.3 Å². The zero-order chi connectivity index (χ0) is 12.8. The van der Waals surface area contributed by atoms with Crippen LogP contribution in [0.2, 0.25) is 0 Å². The zero-order valence-corrected chi connectivity index (χ0v) is 11.3. The lowest BCUT2D eigenvalue weighted by Crippen LogP contribution is -2.40. The van der Waals surface area contributed by atoms with Gasteiger partial charge in [-0.05, 0) is 19.1 Å². The largest absolute Gasteiger partial charge is 0.346 e. The Morgan fingerprint density at radius 1 is 1.28 bits per heavy atom. The van der Waals surface area contributed by atoms with Gasteiger partial charge in [0.2, 0.25) is 11.8 Å². The monoisotopic (exact) mass is 271 g/mol. The Hall–Kier alpha value is -1.59. The molecule has 0 spiro atoms. The van der Waals surface area contributed by atoms with E-state index in [9.17, 15) is 9.59 Å². The third-order valence-electron chi connectivity index (χ3n) is 2.42. The zero-order valence-electron chi connectivity index (χ0n) is 10.5. The van der Waals surface area contributed by atoms with Gasteiger partial charge < -0.3 is 16.0 Å². The van der Waals surface area contributed by atoms with E-state index in [-0.39, 0.29) is 37.3 Å². The average Bonchev–Trinajstić information content (AvgIpc) is 2.35. The number of benzene rings is 1. The van der Waals surface area contributed by atoms with Crippen molar-refractivity contribution in [3.63, 3.8) is 0 Å². The molecule has 1 rings (SSSR count). The van der Waals surface area contributed by atoms with Crippen molar-refractivity contribution in [2.24, 2.45) is 5.73 Å². The minimum absolute atomic E-state index is 0. The van der Waals surface area contributed by atoms with Crippen molar-refractivity contribution in [1.82, 2.24) is 5.32 Å². The first-order chi connectivity index (χ1) is 8.04. The molecule has 0 aliphatic rings. The maximum absolute atomic E-state index is 11.7. The van der Waals surface area contributed by atoms with E-state index in [0.29, 0.717) is 0 Å². The molecule has 5 nitrogen and oxygen atoms in total. The maximum atomic E-state index is 11.7. The van der Waals surface area contributed by atoms with Crippen molar-refractivity contribution in [1.29, 1.82) is 0 Å². The lowest BCUT2D eigenvalue weighted by Gasteiger charge is -2.17. The first kappa shape index (κ1) is 16.4.